The Morgan fingerprint density at radius 1 is 1.30 bits per heavy atom. The highest BCUT2D eigenvalue weighted by Gasteiger charge is 2.13. The molecule has 0 atom stereocenters. The molecule has 3 aromatic rings. The minimum Gasteiger partial charge on any atom is -0.506 e. The highest BCUT2D eigenvalue weighted by atomic mass is 16.5. The second kappa shape index (κ2) is 5.57. The first-order valence-corrected chi connectivity index (χ1v) is 7.09. The Morgan fingerprint density at radius 2 is 2.04 bits per heavy atom. The molecular formula is C17H17N3O3. The van der Waals surface area contributed by atoms with Crippen LogP contribution in [0.4, 0.5) is 5.69 Å². The number of anilines is 1. The number of hydrogen-bond donors (Lipinski definition) is 3. The van der Waals surface area contributed by atoms with Gasteiger partial charge in [0.25, 0.3) is 0 Å². The van der Waals surface area contributed by atoms with Crippen LogP contribution < -0.4 is 5.43 Å². The van der Waals surface area contributed by atoms with Gasteiger partial charge < -0.3 is 9.84 Å². The average molecular weight is 311 g/mol. The number of rotatable bonds is 4. The van der Waals surface area contributed by atoms with E-state index in [2.05, 4.69) is 17.1 Å². The number of fused-ring (bicyclic) bond motifs is 1. The van der Waals surface area contributed by atoms with E-state index in [4.69, 9.17) is 4.74 Å². The topological polar surface area (TPSA) is 79.3 Å². The number of nitrogens with one attached hydrogen (secondary N) is 2. The van der Waals surface area contributed by atoms with Crippen molar-refractivity contribution in [2.24, 2.45) is 0 Å². The molecule has 3 rings (SSSR count). The molecule has 1 aromatic heterocycles. The number of aryl methyl sites for hydroxylation is 2. The van der Waals surface area contributed by atoms with Crippen LogP contribution >= 0.6 is 0 Å². The van der Waals surface area contributed by atoms with Crippen molar-refractivity contribution in [2.75, 3.05) is 5.43 Å². The molecule has 0 unspecified atom stereocenters. The molecular weight excluding hydrogens is 294 g/mol. The first kappa shape index (κ1) is 14.8. The number of carbonyl (C=O) groups excluding carboxylic acids is 1. The zero-order valence-electron chi connectivity index (χ0n) is 12.9. The maximum absolute atomic E-state index is 11.7. The molecule has 3 N–H and O–H groups in total. The van der Waals surface area contributed by atoms with Gasteiger partial charge in [-0.05, 0) is 55.3 Å². The third-order valence-electron chi connectivity index (χ3n) is 3.74. The minimum absolute atomic E-state index is 0.158. The summed E-state index contributed by atoms with van der Waals surface area (Å²) in [7, 11) is 0. The molecule has 6 nitrogen and oxygen atoms in total. The van der Waals surface area contributed by atoms with Crippen molar-refractivity contribution in [3.05, 3.63) is 59.9 Å². The fourth-order valence-corrected chi connectivity index (χ4v) is 2.31. The number of aromatic amines is 1. The van der Waals surface area contributed by atoms with Gasteiger partial charge in [0.2, 0.25) is 0 Å². The molecule has 0 amide bonds. The van der Waals surface area contributed by atoms with Crippen LogP contribution in [0.25, 0.3) is 11.0 Å². The van der Waals surface area contributed by atoms with Crippen LogP contribution in [0.5, 0.6) is 5.75 Å². The lowest BCUT2D eigenvalue weighted by molar-refractivity contribution is 0.0664. The molecule has 0 aliphatic rings. The Hall–Kier alpha value is -3.15. The first-order chi connectivity index (χ1) is 11.0. The van der Waals surface area contributed by atoms with E-state index in [0.29, 0.717) is 11.3 Å². The molecule has 0 aliphatic heterocycles. The van der Waals surface area contributed by atoms with Crippen LogP contribution in [0.2, 0.25) is 0 Å². The predicted molar refractivity (Wildman–Crippen MR) is 88.5 cm³/mol. The number of H-pyrrole nitrogens is 1. The largest absolute Gasteiger partial charge is 0.506 e. The standard InChI is InChI=1S/C17H17N3O3/c1-4-23-17(22)12-5-6-13-15(9-12)20(18-13)19-14-7-10(2)11(3)8-16(14)21/h4-9,18-19,21H,1H2,2-3H3. The van der Waals surface area contributed by atoms with Crippen molar-refractivity contribution < 1.29 is 14.6 Å². The Kier molecular flexibility index (Phi) is 3.57. The van der Waals surface area contributed by atoms with E-state index < -0.39 is 5.97 Å². The highest BCUT2D eigenvalue weighted by molar-refractivity contribution is 5.94. The summed E-state index contributed by atoms with van der Waals surface area (Å²) in [6.45, 7) is 7.28. The van der Waals surface area contributed by atoms with Crippen molar-refractivity contribution in [2.45, 2.75) is 13.8 Å². The second-order valence-corrected chi connectivity index (χ2v) is 5.32. The molecule has 0 fully saturated rings. The smallest absolute Gasteiger partial charge is 0.342 e. The molecule has 0 saturated carbocycles. The molecule has 0 radical (unpaired) electrons. The van der Waals surface area contributed by atoms with Crippen LogP contribution in [-0.4, -0.2) is 21.0 Å². The third-order valence-corrected chi connectivity index (χ3v) is 3.74. The van der Waals surface area contributed by atoms with E-state index in [1.807, 2.05) is 19.9 Å². The molecule has 0 aliphatic carbocycles. The molecule has 23 heavy (non-hydrogen) atoms. The molecule has 0 saturated heterocycles. The number of nitrogens with zero attached hydrogens (tertiary/aromatic N) is 1. The molecule has 2 aromatic carbocycles. The van der Waals surface area contributed by atoms with Gasteiger partial charge in [0.1, 0.15) is 11.3 Å². The summed E-state index contributed by atoms with van der Waals surface area (Å²) in [5.74, 6) is -0.311. The maximum Gasteiger partial charge on any atom is 0.342 e. The number of benzene rings is 2. The number of phenols is 1. The lowest BCUT2D eigenvalue weighted by Crippen LogP contribution is -2.19. The van der Waals surface area contributed by atoms with Crippen LogP contribution in [-0.2, 0) is 4.74 Å². The number of hydrogen-bond acceptors (Lipinski definition) is 4. The molecule has 118 valence electrons. The van der Waals surface area contributed by atoms with Crippen molar-refractivity contribution >= 4 is 22.7 Å². The predicted octanol–water partition coefficient (Wildman–Crippen LogP) is 3.47. The zero-order valence-corrected chi connectivity index (χ0v) is 12.9. The van der Waals surface area contributed by atoms with E-state index in [0.717, 1.165) is 28.4 Å². The Labute approximate surface area is 132 Å². The number of ether oxygens (including phenoxy) is 1. The average Bonchev–Trinajstić information content (AvgIpc) is 2.50. The van der Waals surface area contributed by atoms with Crippen LogP contribution in [0, 0.1) is 13.8 Å². The van der Waals surface area contributed by atoms with Crippen molar-refractivity contribution in [1.82, 2.24) is 9.89 Å². The van der Waals surface area contributed by atoms with Gasteiger partial charge in [0, 0.05) is 0 Å². The SMILES string of the molecule is C=COC(=O)c1ccc2[nH]n(Nc3cc(C)c(C)cc3O)c2c1. The first-order valence-electron chi connectivity index (χ1n) is 7.09. The van der Waals surface area contributed by atoms with Gasteiger partial charge in [0.05, 0.1) is 23.0 Å². The highest BCUT2D eigenvalue weighted by Crippen LogP contribution is 2.28. The van der Waals surface area contributed by atoms with Crippen LogP contribution in [0.1, 0.15) is 21.5 Å². The number of aromatic nitrogens is 2. The van der Waals surface area contributed by atoms with Gasteiger partial charge in [-0.1, -0.05) is 6.58 Å². The summed E-state index contributed by atoms with van der Waals surface area (Å²) < 4.78 is 4.77. The molecule has 1 heterocycles. The Balaban J connectivity index is 1.92. The quantitative estimate of drug-likeness (QED) is 0.391. The van der Waals surface area contributed by atoms with Crippen LogP contribution in [0.15, 0.2) is 43.2 Å². The molecule has 0 spiro atoms. The van der Waals surface area contributed by atoms with E-state index in [9.17, 15) is 9.90 Å². The minimum atomic E-state index is -0.469. The molecule has 0 bridgehead atoms. The second-order valence-electron chi connectivity index (χ2n) is 5.32. The van der Waals surface area contributed by atoms with Gasteiger partial charge in [-0.15, -0.1) is 0 Å². The van der Waals surface area contributed by atoms with Gasteiger partial charge in [-0.25, -0.2) is 4.79 Å². The maximum atomic E-state index is 11.7. The number of carbonyl (C=O) groups is 1. The summed E-state index contributed by atoms with van der Waals surface area (Å²) >= 11 is 0. The van der Waals surface area contributed by atoms with E-state index >= 15 is 0 Å². The fourth-order valence-electron chi connectivity index (χ4n) is 2.31. The number of phenolic OH excluding ortho intramolecular Hbond substituents is 1. The number of esters is 1. The lowest BCUT2D eigenvalue weighted by atomic mass is 10.1. The summed E-state index contributed by atoms with van der Waals surface area (Å²) in [6.07, 6.45) is 1.10. The van der Waals surface area contributed by atoms with Gasteiger partial charge in [-0.3, -0.25) is 10.5 Å². The van der Waals surface area contributed by atoms with E-state index in [-0.39, 0.29) is 5.75 Å². The number of aromatic hydroxyl groups is 1. The van der Waals surface area contributed by atoms with E-state index in [1.165, 1.54) is 0 Å². The van der Waals surface area contributed by atoms with Gasteiger partial charge >= 0.3 is 5.97 Å². The summed E-state index contributed by atoms with van der Waals surface area (Å²) in [4.78, 5) is 13.4. The molecule has 6 heteroatoms. The monoisotopic (exact) mass is 311 g/mol. The van der Waals surface area contributed by atoms with Crippen LogP contribution in [0.3, 0.4) is 0 Å². The Morgan fingerprint density at radius 3 is 2.78 bits per heavy atom. The van der Waals surface area contributed by atoms with Crippen molar-refractivity contribution in [3.8, 4) is 5.75 Å². The summed E-state index contributed by atoms with van der Waals surface area (Å²) in [5, 5.41) is 13.1. The van der Waals surface area contributed by atoms with Crippen molar-refractivity contribution in [1.29, 1.82) is 0 Å². The lowest BCUT2D eigenvalue weighted by Gasteiger charge is -2.20. The zero-order chi connectivity index (χ0) is 16.6. The third kappa shape index (κ3) is 2.66. The van der Waals surface area contributed by atoms with E-state index in [1.54, 1.807) is 29.1 Å². The fraction of sp³-hybridized carbons (Fsp3) is 0.118. The van der Waals surface area contributed by atoms with Crippen molar-refractivity contribution in [3.63, 3.8) is 0 Å². The Bertz CT molecular complexity index is 905. The van der Waals surface area contributed by atoms with Gasteiger partial charge in [0.15, 0.2) is 0 Å². The normalized spacial score (nSPS) is 10.7. The summed E-state index contributed by atoms with van der Waals surface area (Å²) in [5.41, 5.74) is 7.79. The van der Waals surface area contributed by atoms with Gasteiger partial charge in [-0.2, -0.15) is 4.79 Å². The summed E-state index contributed by atoms with van der Waals surface area (Å²) in [6, 6.07) is 8.72.